The van der Waals surface area contributed by atoms with Crippen molar-refractivity contribution >= 4 is 11.9 Å². The number of hydrogen-bond acceptors (Lipinski definition) is 9. The zero-order valence-corrected chi connectivity index (χ0v) is 25.0. The lowest BCUT2D eigenvalue weighted by Crippen LogP contribution is -2.05. The smallest absolute Gasteiger partial charge is 0.374 e. The van der Waals surface area contributed by atoms with Crippen LogP contribution in [0.25, 0.3) is 22.5 Å². The molecule has 5 aromatic rings. The number of furan rings is 2. The Morgan fingerprint density at radius 3 is 2.25 bits per heavy atom. The van der Waals surface area contributed by atoms with E-state index in [0.29, 0.717) is 37.6 Å². The van der Waals surface area contributed by atoms with Crippen molar-refractivity contribution in [1.29, 1.82) is 0 Å². The second kappa shape index (κ2) is 11.9. The van der Waals surface area contributed by atoms with Crippen molar-refractivity contribution < 1.29 is 32.3 Å². The molecule has 0 fully saturated rings. The van der Waals surface area contributed by atoms with Crippen molar-refractivity contribution in [2.24, 2.45) is 0 Å². The van der Waals surface area contributed by atoms with Gasteiger partial charge in [0.15, 0.2) is 0 Å². The van der Waals surface area contributed by atoms with E-state index in [1.807, 2.05) is 26.2 Å². The van der Waals surface area contributed by atoms with Crippen molar-refractivity contribution in [3.8, 4) is 22.5 Å². The first kappa shape index (κ1) is 29.1. The second-order valence-corrected chi connectivity index (χ2v) is 10.6. The molecule has 0 aromatic carbocycles. The van der Waals surface area contributed by atoms with Crippen LogP contribution in [0.1, 0.15) is 74.4 Å². The third-order valence-corrected chi connectivity index (χ3v) is 7.75. The van der Waals surface area contributed by atoms with Gasteiger partial charge < -0.3 is 18.3 Å². The van der Waals surface area contributed by atoms with Crippen LogP contribution in [0, 0.1) is 19.7 Å². The summed E-state index contributed by atoms with van der Waals surface area (Å²) < 4.78 is 36.6. The topological polar surface area (TPSA) is 138 Å². The number of nitrogens with zero attached hydrogens (tertiary/aromatic N) is 4. The molecule has 7 rings (SSSR count). The molecule has 11 nitrogen and oxygen atoms in total. The molecule has 0 atom stereocenters. The molecule has 5 heterocycles. The van der Waals surface area contributed by atoms with Gasteiger partial charge in [-0.2, -0.15) is 10.2 Å². The number of aromatic nitrogens is 5. The number of rotatable bonds is 6. The molecule has 0 spiro atoms. The van der Waals surface area contributed by atoms with Crippen LogP contribution in [0.2, 0.25) is 0 Å². The molecule has 2 aliphatic rings. The van der Waals surface area contributed by atoms with Crippen molar-refractivity contribution in [2.75, 3.05) is 13.2 Å². The molecule has 0 saturated carbocycles. The highest BCUT2D eigenvalue weighted by molar-refractivity contribution is 5.92. The molecule has 0 unspecified atom stereocenters. The summed E-state index contributed by atoms with van der Waals surface area (Å²) >= 11 is 0. The van der Waals surface area contributed by atoms with Crippen LogP contribution in [0.5, 0.6) is 0 Å². The van der Waals surface area contributed by atoms with Crippen LogP contribution >= 0.6 is 0 Å². The summed E-state index contributed by atoms with van der Waals surface area (Å²) in [7, 11) is 0. The van der Waals surface area contributed by atoms with Gasteiger partial charge in [-0.15, -0.1) is 0 Å². The quantitative estimate of drug-likeness (QED) is 0.248. The number of pyridine rings is 1. The Morgan fingerprint density at radius 1 is 0.955 bits per heavy atom. The van der Waals surface area contributed by atoms with Gasteiger partial charge in [0.25, 0.3) is 0 Å². The third-order valence-electron chi connectivity index (χ3n) is 7.75. The first-order valence-corrected chi connectivity index (χ1v) is 14.6. The van der Waals surface area contributed by atoms with E-state index in [1.54, 1.807) is 18.5 Å². The summed E-state index contributed by atoms with van der Waals surface area (Å²) in [5.41, 5.74) is 8.02. The molecule has 0 bridgehead atoms. The van der Waals surface area contributed by atoms with E-state index in [0.717, 1.165) is 70.0 Å². The predicted octanol–water partition coefficient (Wildman–Crippen LogP) is 5.56. The second-order valence-electron chi connectivity index (χ2n) is 10.6. The standard InChI is InChI=1S/C19H18FN3O3.C13H14N2O3/c1-3-25-19(24)18-11(2)16-15(26-18)5-4-12-9-23(22-17(12)16)10-14-8-13(20)6-7-21-14;1-3-17-13(16)12-7(2)10-9(18-12)5-4-8-6-14-15-11(8)10/h6-9H,3-5,10H2,1-2H3;6H,3-5H2,1-2H3,(H,14,15). The predicted molar refractivity (Wildman–Crippen MR) is 156 cm³/mol. The van der Waals surface area contributed by atoms with Gasteiger partial charge >= 0.3 is 11.9 Å². The van der Waals surface area contributed by atoms with Crippen molar-refractivity contribution in [3.05, 3.63) is 87.5 Å². The fourth-order valence-electron chi connectivity index (χ4n) is 5.77. The summed E-state index contributed by atoms with van der Waals surface area (Å²) in [4.78, 5) is 28.1. The zero-order chi connectivity index (χ0) is 31.0. The van der Waals surface area contributed by atoms with Gasteiger partial charge in [-0.05, 0) is 63.8 Å². The van der Waals surface area contributed by atoms with Crippen LogP contribution < -0.4 is 0 Å². The molecule has 44 heavy (non-hydrogen) atoms. The fourth-order valence-corrected chi connectivity index (χ4v) is 5.77. The van der Waals surface area contributed by atoms with Crippen LogP contribution in [-0.2, 0) is 41.7 Å². The Kier molecular flexibility index (Phi) is 7.90. The van der Waals surface area contributed by atoms with Gasteiger partial charge in [-0.25, -0.2) is 14.0 Å². The fraction of sp³-hybridized carbons (Fsp3) is 0.344. The zero-order valence-electron chi connectivity index (χ0n) is 25.0. The number of nitrogens with one attached hydrogen (secondary N) is 1. The minimum absolute atomic E-state index is 0.242. The maximum Gasteiger partial charge on any atom is 0.374 e. The van der Waals surface area contributed by atoms with Crippen LogP contribution in [0.3, 0.4) is 0 Å². The molecule has 0 aliphatic heterocycles. The molecule has 0 radical (unpaired) electrons. The highest BCUT2D eigenvalue weighted by Crippen LogP contribution is 2.39. The van der Waals surface area contributed by atoms with Crippen molar-refractivity contribution in [1.82, 2.24) is 25.0 Å². The van der Waals surface area contributed by atoms with Gasteiger partial charge in [-0.1, -0.05) is 0 Å². The average Bonchev–Trinajstić information content (AvgIpc) is 3.77. The maximum atomic E-state index is 13.4. The molecule has 12 heteroatoms. The van der Waals surface area contributed by atoms with Gasteiger partial charge in [0.05, 0.1) is 43.0 Å². The van der Waals surface area contributed by atoms with E-state index in [9.17, 15) is 14.0 Å². The number of esters is 2. The Hall–Kier alpha value is -5.00. The number of aryl methyl sites for hydroxylation is 4. The lowest BCUT2D eigenvalue weighted by atomic mass is 9.94. The first-order chi connectivity index (χ1) is 21.3. The van der Waals surface area contributed by atoms with E-state index < -0.39 is 11.9 Å². The van der Waals surface area contributed by atoms with Crippen LogP contribution in [0.4, 0.5) is 4.39 Å². The number of aromatic amines is 1. The highest BCUT2D eigenvalue weighted by atomic mass is 19.1. The van der Waals surface area contributed by atoms with Crippen LogP contribution in [-0.4, -0.2) is 50.1 Å². The molecular formula is C32H32FN5O6. The molecule has 2 aliphatic carbocycles. The minimum atomic E-state index is -0.454. The Bertz CT molecular complexity index is 1860. The average molecular weight is 602 g/mol. The van der Waals surface area contributed by atoms with Gasteiger partial charge in [0, 0.05) is 47.5 Å². The Balaban J connectivity index is 0.000000167. The molecule has 228 valence electrons. The molecular weight excluding hydrogens is 569 g/mol. The lowest BCUT2D eigenvalue weighted by Gasteiger charge is -2.09. The SMILES string of the molecule is CCOC(=O)c1oc2c(c1C)-c1[nH]ncc1CC2.CCOC(=O)c1oc2c(c1C)-c1nn(Cc3cc(F)ccn3)cc1CC2. The van der Waals surface area contributed by atoms with Gasteiger partial charge in [-0.3, -0.25) is 14.8 Å². The van der Waals surface area contributed by atoms with Crippen LogP contribution in [0.15, 0.2) is 39.6 Å². The summed E-state index contributed by atoms with van der Waals surface area (Å²) in [6.07, 6.45) is 8.37. The Labute approximate surface area is 252 Å². The number of H-pyrrole nitrogens is 1. The van der Waals surface area contributed by atoms with E-state index in [4.69, 9.17) is 18.3 Å². The summed E-state index contributed by atoms with van der Waals surface area (Å²) in [6.45, 7) is 8.28. The number of halogens is 1. The number of fused-ring (bicyclic) bond motifs is 6. The first-order valence-electron chi connectivity index (χ1n) is 14.6. The number of ether oxygens (including phenoxy) is 2. The summed E-state index contributed by atoms with van der Waals surface area (Å²) in [5, 5.41) is 11.7. The number of carbonyl (C=O) groups excluding carboxylic acids is 2. The van der Waals surface area contributed by atoms with E-state index in [1.165, 1.54) is 23.9 Å². The normalized spacial score (nSPS) is 12.8. The third kappa shape index (κ3) is 5.31. The van der Waals surface area contributed by atoms with Gasteiger partial charge in [0.1, 0.15) is 17.3 Å². The molecule has 5 aromatic heterocycles. The summed E-state index contributed by atoms with van der Waals surface area (Å²) in [6, 6.07) is 2.71. The van der Waals surface area contributed by atoms with Gasteiger partial charge in [0.2, 0.25) is 11.5 Å². The Morgan fingerprint density at radius 2 is 1.59 bits per heavy atom. The van der Waals surface area contributed by atoms with E-state index in [2.05, 4.69) is 20.3 Å². The maximum absolute atomic E-state index is 13.4. The van der Waals surface area contributed by atoms with E-state index in [-0.39, 0.29) is 11.6 Å². The largest absolute Gasteiger partial charge is 0.460 e. The monoisotopic (exact) mass is 601 g/mol. The molecule has 0 amide bonds. The molecule has 1 N–H and O–H groups in total. The van der Waals surface area contributed by atoms with E-state index >= 15 is 0 Å². The number of carbonyl (C=O) groups is 2. The van der Waals surface area contributed by atoms with Crippen molar-refractivity contribution in [2.45, 2.75) is 59.9 Å². The minimum Gasteiger partial charge on any atom is -0.460 e. The molecule has 0 saturated heterocycles. The lowest BCUT2D eigenvalue weighted by molar-refractivity contribution is 0.0478. The highest BCUT2D eigenvalue weighted by Gasteiger charge is 2.31. The summed E-state index contributed by atoms with van der Waals surface area (Å²) in [5.74, 6) is 0.976. The van der Waals surface area contributed by atoms with Crippen molar-refractivity contribution in [3.63, 3.8) is 0 Å². The number of hydrogen-bond donors (Lipinski definition) is 1.